The Morgan fingerprint density at radius 2 is 1.94 bits per heavy atom. The van der Waals surface area contributed by atoms with Gasteiger partial charge >= 0.3 is 0 Å². The first-order valence-corrected chi connectivity index (χ1v) is 6.93. The van der Waals surface area contributed by atoms with Crippen LogP contribution in [0.4, 0.5) is 0 Å². The van der Waals surface area contributed by atoms with Gasteiger partial charge in [-0.25, -0.2) is 5.43 Å². The Balaban J connectivity index is 1.94. The molecule has 18 heavy (non-hydrogen) atoms. The summed E-state index contributed by atoms with van der Waals surface area (Å²) in [7, 11) is 2.00. The lowest BCUT2D eigenvalue weighted by Crippen LogP contribution is -2.36. The van der Waals surface area contributed by atoms with Crippen LogP contribution >= 0.6 is 0 Å². The van der Waals surface area contributed by atoms with Crippen LogP contribution in [0.15, 0.2) is 24.3 Å². The molecule has 1 aromatic rings. The SMILES string of the molecule is CNCC1CC(c2ccc(CC(C)C)cc2)NN1. The van der Waals surface area contributed by atoms with E-state index < -0.39 is 0 Å². The molecule has 1 heterocycles. The minimum atomic E-state index is 0.441. The molecule has 100 valence electrons. The van der Waals surface area contributed by atoms with Gasteiger partial charge in [0.15, 0.2) is 0 Å². The molecule has 0 spiro atoms. The van der Waals surface area contributed by atoms with Crippen molar-refractivity contribution < 1.29 is 0 Å². The van der Waals surface area contributed by atoms with Gasteiger partial charge in [0.1, 0.15) is 0 Å². The van der Waals surface area contributed by atoms with E-state index in [1.54, 1.807) is 0 Å². The first-order valence-electron chi connectivity index (χ1n) is 6.93. The lowest BCUT2D eigenvalue weighted by molar-refractivity contribution is 0.524. The average Bonchev–Trinajstić information content (AvgIpc) is 2.78. The summed E-state index contributed by atoms with van der Waals surface area (Å²) in [5, 5.41) is 3.21. The van der Waals surface area contributed by atoms with Gasteiger partial charge in [-0.1, -0.05) is 38.1 Å². The summed E-state index contributed by atoms with van der Waals surface area (Å²) in [5.41, 5.74) is 9.54. The first-order chi connectivity index (χ1) is 8.69. The number of hydrogen-bond acceptors (Lipinski definition) is 3. The molecular formula is C15H25N3. The molecule has 0 amide bonds. The van der Waals surface area contributed by atoms with E-state index in [1.165, 1.54) is 17.5 Å². The molecule has 1 saturated heterocycles. The van der Waals surface area contributed by atoms with Crippen LogP contribution in [0, 0.1) is 5.92 Å². The predicted molar refractivity (Wildman–Crippen MR) is 76.3 cm³/mol. The van der Waals surface area contributed by atoms with Crippen molar-refractivity contribution in [3.05, 3.63) is 35.4 Å². The maximum absolute atomic E-state index is 3.38. The zero-order chi connectivity index (χ0) is 13.0. The lowest BCUT2D eigenvalue weighted by atomic mass is 9.97. The highest BCUT2D eigenvalue weighted by atomic mass is 15.4. The third-order valence-electron chi connectivity index (χ3n) is 3.46. The van der Waals surface area contributed by atoms with Crippen LogP contribution in [0.2, 0.25) is 0 Å². The van der Waals surface area contributed by atoms with Crippen molar-refractivity contribution in [2.45, 2.75) is 38.8 Å². The van der Waals surface area contributed by atoms with Crippen LogP contribution in [0.3, 0.4) is 0 Å². The van der Waals surface area contributed by atoms with E-state index in [9.17, 15) is 0 Å². The van der Waals surface area contributed by atoms with Crippen LogP contribution in [-0.2, 0) is 6.42 Å². The molecule has 3 heteroatoms. The standard InChI is InChI=1S/C15H25N3/c1-11(2)8-12-4-6-13(7-5-12)15-9-14(10-16-3)17-18-15/h4-7,11,14-18H,8-10H2,1-3H3. The third-order valence-corrected chi connectivity index (χ3v) is 3.46. The molecule has 1 aliphatic heterocycles. The van der Waals surface area contributed by atoms with Crippen molar-refractivity contribution in [1.82, 2.24) is 16.2 Å². The van der Waals surface area contributed by atoms with Crippen LogP contribution in [-0.4, -0.2) is 19.6 Å². The fraction of sp³-hybridized carbons (Fsp3) is 0.600. The van der Waals surface area contributed by atoms with E-state index >= 15 is 0 Å². The van der Waals surface area contributed by atoms with Gasteiger partial charge < -0.3 is 5.32 Å². The van der Waals surface area contributed by atoms with Crippen LogP contribution in [0.1, 0.15) is 37.4 Å². The van der Waals surface area contributed by atoms with Gasteiger partial charge in [0.2, 0.25) is 0 Å². The fourth-order valence-corrected chi connectivity index (χ4v) is 2.58. The van der Waals surface area contributed by atoms with Gasteiger partial charge in [0.05, 0.1) is 0 Å². The molecule has 0 bridgehead atoms. The number of benzene rings is 1. The lowest BCUT2D eigenvalue weighted by Gasteiger charge is -2.11. The molecular weight excluding hydrogens is 222 g/mol. The Morgan fingerprint density at radius 1 is 1.22 bits per heavy atom. The molecule has 0 aromatic heterocycles. The second kappa shape index (κ2) is 6.32. The van der Waals surface area contributed by atoms with E-state index in [0.717, 1.165) is 18.9 Å². The maximum atomic E-state index is 3.38. The third kappa shape index (κ3) is 3.55. The molecule has 2 unspecified atom stereocenters. The quantitative estimate of drug-likeness (QED) is 0.745. The molecule has 0 radical (unpaired) electrons. The number of nitrogens with one attached hydrogen (secondary N) is 3. The molecule has 2 rings (SSSR count). The number of likely N-dealkylation sites (N-methyl/N-ethyl adjacent to an activating group) is 1. The maximum Gasteiger partial charge on any atom is 0.0478 e. The molecule has 1 fully saturated rings. The molecule has 3 nitrogen and oxygen atoms in total. The van der Waals surface area contributed by atoms with E-state index in [4.69, 9.17) is 0 Å². The van der Waals surface area contributed by atoms with Crippen molar-refractivity contribution >= 4 is 0 Å². The fourth-order valence-electron chi connectivity index (χ4n) is 2.58. The minimum Gasteiger partial charge on any atom is -0.318 e. The smallest absolute Gasteiger partial charge is 0.0478 e. The zero-order valence-electron chi connectivity index (χ0n) is 11.7. The van der Waals surface area contributed by atoms with Crippen molar-refractivity contribution in [2.75, 3.05) is 13.6 Å². The normalized spacial score (nSPS) is 23.8. The predicted octanol–water partition coefficient (Wildman–Crippen LogP) is 2.01. The summed E-state index contributed by atoms with van der Waals surface area (Å²) in [6.45, 7) is 5.53. The van der Waals surface area contributed by atoms with Crippen molar-refractivity contribution in [3.8, 4) is 0 Å². The number of hydrogen-bond donors (Lipinski definition) is 3. The summed E-state index contributed by atoms with van der Waals surface area (Å²) in [5.74, 6) is 0.724. The van der Waals surface area contributed by atoms with Gasteiger partial charge in [-0.05, 0) is 36.9 Å². The summed E-state index contributed by atoms with van der Waals surface area (Å²) < 4.78 is 0. The second-order valence-corrected chi connectivity index (χ2v) is 5.67. The molecule has 2 atom stereocenters. The Bertz CT molecular complexity index is 359. The monoisotopic (exact) mass is 247 g/mol. The molecule has 0 saturated carbocycles. The average molecular weight is 247 g/mol. The van der Waals surface area contributed by atoms with Crippen LogP contribution in [0.25, 0.3) is 0 Å². The topological polar surface area (TPSA) is 36.1 Å². The van der Waals surface area contributed by atoms with Crippen molar-refractivity contribution in [2.24, 2.45) is 5.92 Å². The van der Waals surface area contributed by atoms with Crippen molar-refractivity contribution in [3.63, 3.8) is 0 Å². The Morgan fingerprint density at radius 3 is 2.56 bits per heavy atom. The van der Waals surface area contributed by atoms with Crippen LogP contribution < -0.4 is 16.2 Å². The second-order valence-electron chi connectivity index (χ2n) is 5.67. The van der Waals surface area contributed by atoms with E-state index in [0.29, 0.717) is 12.1 Å². The Labute approximate surface area is 110 Å². The van der Waals surface area contributed by atoms with Crippen LogP contribution in [0.5, 0.6) is 0 Å². The minimum absolute atomic E-state index is 0.441. The number of rotatable bonds is 5. The van der Waals surface area contributed by atoms with E-state index in [-0.39, 0.29) is 0 Å². The van der Waals surface area contributed by atoms with E-state index in [1.807, 2.05) is 7.05 Å². The zero-order valence-corrected chi connectivity index (χ0v) is 11.7. The molecule has 1 aromatic carbocycles. The summed E-state index contributed by atoms with van der Waals surface area (Å²) in [6.07, 6.45) is 2.31. The van der Waals surface area contributed by atoms with Gasteiger partial charge in [-0.15, -0.1) is 0 Å². The highest BCUT2D eigenvalue weighted by Crippen LogP contribution is 2.22. The summed E-state index contributed by atoms with van der Waals surface area (Å²) in [4.78, 5) is 0. The summed E-state index contributed by atoms with van der Waals surface area (Å²) >= 11 is 0. The van der Waals surface area contributed by atoms with Crippen molar-refractivity contribution in [1.29, 1.82) is 0 Å². The Hall–Kier alpha value is -0.900. The molecule has 3 N–H and O–H groups in total. The summed E-state index contributed by atoms with van der Waals surface area (Å²) in [6, 6.07) is 10.0. The van der Waals surface area contributed by atoms with Gasteiger partial charge in [-0.2, -0.15) is 0 Å². The highest BCUT2D eigenvalue weighted by molar-refractivity contribution is 5.26. The first kappa shape index (κ1) is 13.5. The van der Waals surface area contributed by atoms with E-state index in [2.05, 4.69) is 54.3 Å². The highest BCUT2D eigenvalue weighted by Gasteiger charge is 2.23. The molecule has 1 aliphatic rings. The molecule has 0 aliphatic carbocycles. The Kier molecular flexibility index (Phi) is 4.75. The van der Waals surface area contributed by atoms with Gasteiger partial charge in [0, 0.05) is 18.6 Å². The van der Waals surface area contributed by atoms with Gasteiger partial charge in [0.25, 0.3) is 0 Å². The van der Waals surface area contributed by atoms with Gasteiger partial charge in [-0.3, -0.25) is 5.43 Å². The number of hydrazine groups is 1. The largest absolute Gasteiger partial charge is 0.318 e.